The Bertz CT molecular complexity index is 403. The summed E-state index contributed by atoms with van der Waals surface area (Å²) in [6, 6.07) is 6.21. The van der Waals surface area contributed by atoms with Crippen LogP contribution in [0.3, 0.4) is 0 Å². The van der Waals surface area contributed by atoms with Gasteiger partial charge in [-0.3, -0.25) is 0 Å². The molecule has 2 N–H and O–H groups in total. The molecule has 1 aliphatic heterocycles. The van der Waals surface area contributed by atoms with Gasteiger partial charge >= 0.3 is 0 Å². The molecule has 1 aliphatic rings. The number of terminal acetylenes is 1. The van der Waals surface area contributed by atoms with Gasteiger partial charge < -0.3 is 10.6 Å². The number of hydrogen-bond acceptors (Lipinski definition) is 2. The third-order valence-electron chi connectivity index (χ3n) is 3.03. The number of benzene rings is 1. The van der Waals surface area contributed by atoms with Gasteiger partial charge in [0.05, 0.1) is 6.04 Å². The van der Waals surface area contributed by atoms with E-state index in [2.05, 4.69) is 23.8 Å². The predicted molar refractivity (Wildman–Crippen MR) is 64.8 cm³/mol. The monoisotopic (exact) mass is 200 g/mol. The molecule has 2 heteroatoms. The lowest BCUT2D eigenvalue weighted by Gasteiger charge is -2.34. The first kappa shape index (κ1) is 9.92. The first-order chi connectivity index (χ1) is 7.24. The maximum atomic E-state index is 5.97. The van der Waals surface area contributed by atoms with Crippen LogP contribution in [0.4, 0.5) is 11.4 Å². The van der Waals surface area contributed by atoms with Crippen molar-refractivity contribution >= 4 is 11.4 Å². The van der Waals surface area contributed by atoms with Gasteiger partial charge in [0.1, 0.15) is 0 Å². The minimum Gasteiger partial charge on any atom is -0.398 e. The summed E-state index contributed by atoms with van der Waals surface area (Å²) in [5.41, 5.74) is 9.33. The van der Waals surface area contributed by atoms with Gasteiger partial charge in [0.15, 0.2) is 0 Å². The zero-order valence-corrected chi connectivity index (χ0v) is 9.03. The molecule has 1 aromatic carbocycles. The first-order valence-electron chi connectivity index (χ1n) is 5.34. The Morgan fingerprint density at radius 1 is 1.53 bits per heavy atom. The molecule has 0 radical (unpaired) electrons. The molecule has 0 saturated carbocycles. The van der Waals surface area contributed by atoms with Crippen LogP contribution in [0.2, 0.25) is 0 Å². The minimum atomic E-state index is 0.144. The van der Waals surface area contributed by atoms with Crippen molar-refractivity contribution in [1.82, 2.24) is 0 Å². The average Bonchev–Trinajstić information content (AvgIpc) is 2.28. The second kappa shape index (κ2) is 3.86. The van der Waals surface area contributed by atoms with E-state index < -0.39 is 0 Å². The summed E-state index contributed by atoms with van der Waals surface area (Å²) in [6.45, 7) is 3.08. The van der Waals surface area contributed by atoms with Crippen LogP contribution in [0.1, 0.15) is 18.9 Å². The molecule has 2 nitrogen and oxygen atoms in total. The van der Waals surface area contributed by atoms with E-state index in [1.54, 1.807) is 0 Å². The Morgan fingerprint density at radius 3 is 3.07 bits per heavy atom. The van der Waals surface area contributed by atoms with Crippen LogP contribution in [-0.2, 0) is 6.42 Å². The quantitative estimate of drug-likeness (QED) is 0.555. The molecular weight excluding hydrogens is 184 g/mol. The van der Waals surface area contributed by atoms with Crippen LogP contribution in [-0.4, -0.2) is 12.6 Å². The first-order valence-corrected chi connectivity index (χ1v) is 5.34. The van der Waals surface area contributed by atoms with E-state index in [0.29, 0.717) is 0 Å². The van der Waals surface area contributed by atoms with Crippen LogP contribution >= 0.6 is 0 Å². The molecule has 0 spiro atoms. The Balaban J connectivity index is 2.44. The van der Waals surface area contributed by atoms with Gasteiger partial charge in [-0.1, -0.05) is 12.0 Å². The lowest BCUT2D eigenvalue weighted by atomic mass is 9.98. The SMILES string of the molecule is C#CC(C)N1CCCc2c(N)cccc21. The van der Waals surface area contributed by atoms with Crippen molar-refractivity contribution in [3.8, 4) is 12.3 Å². The number of nitrogens with two attached hydrogens (primary N) is 1. The van der Waals surface area contributed by atoms with E-state index in [0.717, 1.165) is 25.1 Å². The molecule has 0 bridgehead atoms. The third-order valence-corrected chi connectivity index (χ3v) is 3.03. The molecule has 1 atom stereocenters. The van der Waals surface area contributed by atoms with Crippen LogP contribution in [0, 0.1) is 12.3 Å². The van der Waals surface area contributed by atoms with Gasteiger partial charge in [0, 0.05) is 17.9 Å². The molecule has 1 heterocycles. The molecule has 15 heavy (non-hydrogen) atoms. The fourth-order valence-electron chi connectivity index (χ4n) is 2.17. The second-order valence-electron chi connectivity index (χ2n) is 3.98. The highest BCUT2D eigenvalue weighted by Gasteiger charge is 2.21. The maximum Gasteiger partial charge on any atom is 0.0873 e. The minimum absolute atomic E-state index is 0.144. The molecule has 0 fully saturated rings. The van der Waals surface area contributed by atoms with Crippen molar-refractivity contribution < 1.29 is 0 Å². The van der Waals surface area contributed by atoms with Gasteiger partial charge in [0.2, 0.25) is 0 Å². The van der Waals surface area contributed by atoms with Gasteiger partial charge in [-0.25, -0.2) is 0 Å². The summed E-state index contributed by atoms with van der Waals surface area (Å²) in [4.78, 5) is 2.26. The largest absolute Gasteiger partial charge is 0.398 e. The number of nitrogen functional groups attached to an aromatic ring is 1. The maximum absolute atomic E-state index is 5.97. The zero-order chi connectivity index (χ0) is 10.8. The van der Waals surface area contributed by atoms with Crippen LogP contribution in [0.25, 0.3) is 0 Å². The number of anilines is 2. The third kappa shape index (κ3) is 1.66. The highest BCUT2D eigenvalue weighted by atomic mass is 15.2. The molecule has 1 aromatic rings. The van der Waals surface area contributed by atoms with E-state index >= 15 is 0 Å². The second-order valence-corrected chi connectivity index (χ2v) is 3.98. The average molecular weight is 200 g/mol. The molecule has 0 amide bonds. The Morgan fingerprint density at radius 2 is 2.33 bits per heavy atom. The fourth-order valence-corrected chi connectivity index (χ4v) is 2.17. The summed E-state index contributed by atoms with van der Waals surface area (Å²) >= 11 is 0. The number of rotatable bonds is 1. The highest BCUT2D eigenvalue weighted by Crippen LogP contribution is 2.32. The lowest BCUT2D eigenvalue weighted by molar-refractivity contribution is 0.667. The van der Waals surface area contributed by atoms with E-state index in [4.69, 9.17) is 12.2 Å². The smallest absolute Gasteiger partial charge is 0.0873 e. The van der Waals surface area contributed by atoms with Crippen LogP contribution in [0.15, 0.2) is 18.2 Å². The van der Waals surface area contributed by atoms with E-state index in [1.165, 1.54) is 11.3 Å². The lowest BCUT2D eigenvalue weighted by Crippen LogP contribution is -2.36. The molecule has 1 unspecified atom stereocenters. The fraction of sp³-hybridized carbons (Fsp3) is 0.385. The molecule has 78 valence electrons. The molecular formula is C13H16N2. The molecule has 0 saturated heterocycles. The number of hydrogen-bond donors (Lipinski definition) is 1. The van der Waals surface area contributed by atoms with Gasteiger partial charge in [-0.2, -0.15) is 0 Å². The Labute approximate surface area is 91.1 Å². The number of nitrogens with zero attached hydrogens (tertiary/aromatic N) is 1. The standard InChI is InChI=1S/C13H16N2/c1-3-10(2)15-9-5-6-11-12(14)7-4-8-13(11)15/h1,4,7-8,10H,5-6,9,14H2,2H3. The van der Waals surface area contributed by atoms with Crippen LogP contribution < -0.4 is 10.6 Å². The normalized spacial score (nSPS) is 16.7. The Hall–Kier alpha value is -1.62. The van der Waals surface area contributed by atoms with Crippen molar-refractivity contribution in [3.63, 3.8) is 0 Å². The van der Waals surface area contributed by atoms with Crippen LogP contribution in [0.5, 0.6) is 0 Å². The topological polar surface area (TPSA) is 29.3 Å². The Kier molecular flexibility index (Phi) is 2.55. The van der Waals surface area contributed by atoms with Crippen molar-refractivity contribution in [1.29, 1.82) is 0 Å². The van der Waals surface area contributed by atoms with Crippen molar-refractivity contribution in [3.05, 3.63) is 23.8 Å². The van der Waals surface area contributed by atoms with E-state index in [-0.39, 0.29) is 6.04 Å². The summed E-state index contributed by atoms with van der Waals surface area (Å²) < 4.78 is 0. The summed E-state index contributed by atoms with van der Waals surface area (Å²) in [7, 11) is 0. The predicted octanol–water partition coefficient (Wildman–Crippen LogP) is 2.04. The van der Waals surface area contributed by atoms with E-state index in [9.17, 15) is 0 Å². The van der Waals surface area contributed by atoms with Crippen molar-refractivity contribution in [2.75, 3.05) is 17.2 Å². The van der Waals surface area contributed by atoms with Gasteiger partial charge in [0.25, 0.3) is 0 Å². The van der Waals surface area contributed by atoms with Crippen molar-refractivity contribution in [2.24, 2.45) is 0 Å². The molecule has 2 rings (SSSR count). The summed E-state index contributed by atoms with van der Waals surface area (Å²) in [5.74, 6) is 2.78. The van der Waals surface area contributed by atoms with Gasteiger partial charge in [-0.05, 0) is 37.5 Å². The molecule has 0 aliphatic carbocycles. The van der Waals surface area contributed by atoms with E-state index in [1.807, 2.05) is 12.1 Å². The summed E-state index contributed by atoms with van der Waals surface area (Å²) in [5, 5.41) is 0. The molecule has 0 aromatic heterocycles. The summed E-state index contributed by atoms with van der Waals surface area (Å²) in [6.07, 6.45) is 7.67. The zero-order valence-electron chi connectivity index (χ0n) is 9.03. The van der Waals surface area contributed by atoms with Gasteiger partial charge in [-0.15, -0.1) is 6.42 Å². The van der Waals surface area contributed by atoms with Crippen molar-refractivity contribution in [2.45, 2.75) is 25.8 Å². The highest BCUT2D eigenvalue weighted by molar-refractivity contribution is 5.67. The number of fused-ring (bicyclic) bond motifs is 1.